The third-order valence-electron chi connectivity index (χ3n) is 2.86. The van der Waals surface area contributed by atoms with E-state index in [-0.39, 0.29) is 11.9 Å². The monoisotopic (exact) mass is 233 g/mol. The number of nitrogens with one attached hydrogen (secondary N) is 1. The average Bonchev–Trinajstić information content (AvgIpc) is 2.91. The molecule has 2 aromatic heterocycles. The van der Waals surface area contributed by atoms with Crippen molar-refractivity contribution in [3.63, 3.8) is 0 Å². The molecule has 1 saturated heterocycles. The highest BCUT2D eigenvalue weighted by Gasteiger charge is 2.29. The average molecular weight is 233 g/mol. The van der Waals surface area contributed by atoms with E-state index in [2.05, 4.69) is 25.8 Å². The quantitative estimate of drug-likeness (QED) is 0.727. The van der Waals surface area contributed by atoms with Crippen LogP contribution in [-0.2, 0) is 4.79 Å². The van der Waals surface area contributed by atoms with Crippen molar-refractivity contribution in [1.82, 2.24) is 29.9 Å². The van der Waals surface area contributed by atoms with Crippen molar-refractivity contribution in [2.24, 2.45) is 0 Å². The second-order valence-corrected chi connectivity index (χ2v) is 3.99. The van der Waals surface area contributed by atoms with Gasteiger partial charge in [0.1, 0.15) is 6.04 Å². The number of amides is 1. The Hall–Kier alpha value is -2.25. The second-order valence-electron chi connectivity index (χ2n) is 3.99. The molecule has 1 amide bonds. The van der Waals surface area contributed by atoms with Gasteiger partial charge in [0.15, 0.2) is 11.5 Å². The molecule has 8 heteroatoms. The molecule has 1 fully saturated rings. The molecule has 1 unspecified atom stereocenters. The Bertz CT molecular complexity index is 565. The minimum atomic E-state index is -0.225. The summed E-state index contributed by atoms with van der Waals surface area (Å²) in [6, 6.07) is -0.225. The molecule has 1 atom stereocenters. The molecule has 88 valence electrons. The zero-order valence-corrected chi connectivity index (χ0v) is 9.24. The first kappa shape index (κ1) is 9.94. The maximum absolute atomic E-state index is 11.8. The van der Waals surface area contributed by atoms with Gasteiger partial charge in [0.2, 0.25) is 5.91 Å². The minimum absolute atomic E-state index is 0.0788. The van der Waals surface area contributed by atoms with Crippen LogP contribution in [0.4, 0.5) is 5.82 Å². The predicted octanol–water partition coefficient (Wildman–Crippen LogP) is -0.838. The molecule has 0 spiro atoms. The zero-order valence-electron chi connectivity index (χ0n) is 9.24. The summed E-state index contributed by atoms with van der Waals surface area (Å²) in [7, 11) is 1.79. The highest BCUT2D eigenvalue weighted by molar-refractivity contribution is 5.86. The molecule has 0 bridgehead atoms. The van der Waals surface area contributed by atoms with E-state index in [1.54, 1.807) is 24.3 Å². The van der Waals surface area contributed by atoms with Crippen LogP contribution in [0.25, 0.3) is 5.65 Å². The number of hydrogen-bond donors (Lipinski definition) is 1. The summed E-state index contributed by atoms with van der Waals surface area (Å²) in [5.41, 5.74) is 0.550. The van der Waals surface area contributed by atoms with E-state index in [0.717, 1.165) is 13.0 Å². The van der Waals surface area contributed by atoms with Crippen molar-refractivity contribution in [2.75, 3.05) is 18.9 Å². The minimum Gasteiger partial charge on any atom is -0.357 e. The summed E-state index contributed by atoms with van der Waals surface area (Å²) in [4.78, 5) is 17.5. The third-order valence-corrected chi connectivity index (χ3v) is 2.86. The third kappa shape index (κ3) is 1.57. The number of carbonyl (C=O) groups is 1. The van der Waals surface area contributed by atoms with Gasteiger partial charge in [-0.25, -0.2) is 0 Å². The van der Waals surface area contributed by atoms with Gasteiger partial charge in [0.25, 0.3) is 0 Å². The predicted molar refractivity (Wildman–Crippen MR) is 58.2 cm³/mol. The number of rotatable bonds is 2. The van der Waals surface area contributed by atoms with Crippen molar-refractivity contribution < 1.29 is 4.79 Å². The van der Waals surface area contributed by atoms with Crippen LogP contribution in [0.5, 0.6) is 0 Å². The molecule has 1 aliphatic rings. The Morgan fingerprint density at radius 3 is 3.12 bits per heavy atom. The van der Waals surface area contributed by atoms with Crippen LogP contribution in [0.2, 0.25) is 0 Å². The Morgan fingerprint density at radius 1 is 1.47 bits per heavy atom. The molecule has 0 saturated carbocycles. The summed E-state index contributed by atoms with van der Waals surface area (Å²) in [5.74, 6) is 0.705. The van der Waals surface area contributed by atoms with Gasteiger partial charge in [-0.05, 0) is 16.8 Å². The van der Waals surface area contributed by atoms with Gasteiger partial charge in [-0.15, -0.1) is 5.10 Å². The number of hydrogen-bond acceptors (Lipinski definition) is 6. The highest BCUT2D eigenvalue weighted by atomic mass is 16.2. The number of carbonyl (C=O) groups excluding carboxylic acids is 1. The van der Waals surface area contributed by atoms with Crippen molar-refractivity contribution in [2.45, 2.75) is 12.5 Å². The second kappa shape index (κ2) is 3.65. The molecule has 3 rings (SSSR count). The van der Waals surface area contributed by atoms with E-state index in [1.807, 2.05) is 0 Å². The van der Waals surface area contributed by atoms with Gasteiger partial charge in [0, 0.05) is 13.6 Å². The number of anilines is 1. The topological polar surface area (TPSA) is 88.3 Å². The summed E-state index contributed by atoms with van der Waals surface area (Å²) >= 11 is 0. The van der Waals surface area contributed by atoms with Gasteiger partial charge in [-0.3, -0.25) is 9.78 Å². The molecule has 17 heavy (non-hydrogen) atoms. The first-order chi connectivity index (χ1) is 8.25. The lowest BCUT2D eigenvalue weighted by molar-refractivity contribution is -0.127. The maximum Gasteiger partial charge on any atom is 0.244 e. The van der Waals surface area contributed by atoms with Crippen molar-refractivity contribution in [3.8, 4) is 0 Å². The van der Waals surface area contributed by atoms with Gasteiger partial charge in [-0.1, -0.05) is 0 Å². The lowest BCUT2D eigenvalue weighted by Crippen LogP contribution is -2.31. The normalized spacial score (nSPS) is 20.2. The Morgan fingerprint density at radius 2 is 2.35 bits per heavy atom. The van der Waals surface area contributed by atoms with E-state index < -0.39 is 0 Å². The first-order valence-electron chi connectivity index (χ1n) is 5.29. The smallest absolute Gasteiger partial charge is 0.244 e. The van der Waals surface area contributed by atoms with E-state index in [9.17, 15) is 4.79 Å². The summed E-state index contributed by atoms with van der Waals surface area (Å²) < 4.78 is 1.53. The number of likely N-dealkylation sites (tertiary alicyclic amines) is 1. The van der Waals surface area contributed by atoms with Gasteiger partial charge >= 0.3 is 0 Å². The number of fused-ring (bicyclic) bond motifs is 1. The molecule has 2 aromatic rings. The highest BCUT2D eigenvalue weighted by Crippen LogP contribution is 2.15. The molecule has 3 heterocycles. The first-order valence-corrected chi connectivity index (χ1v) is 5.29. The summed E-state index contributed by atoms with van der Waals surface area (Å²) in [5, 5.41) is 14.3. The molecule has 0 aliphatic carbocycles. The fourth-order valence-corrected chi connectivity index (χ4v) is 1.91. The van der Waals surface area contributed by atoms with Crippen LogP contribution in [-0.4, -0.2) is 55.5 Å². The molecule has 1 aliphatic heterocycles. The summed E-state index contributed by atoms with van der Waals surface area (Å²) in [6.45, 7) is 0.759. The molecule has 0 aromatic carbocycles. The van der Waals surface area contributed by atoms with E-state index in [0.29, 0.717) is 11.5 Å². The number of tetrazole rings is 1. The fourth-order valence-electron chi connectivity index (χ4n) is 1.91. The number of nitrogens with zero attached hydrogens (tertiary/aromatic N) is 6. The van der Waals surface area contributed by atoms with Crippen molar-refractivity contribution in [3.05, 3.63) is 12.4 Å². The van der Waals surface area contributed by atoms with Crippen molar-refractivity contribution in [1.29, 1.82) is 0 Å². The Balaban J connectivity index is 1.90. The van der Waals surface area contributed by atoms with E-state index >= 15 is 0 Å². The molecule has 0 radical (unpaired) electrons. The molecular formula is C9H11N7O. The van der Waals surface area contributed by atoms with Crippen LogP contribution in [0.3, 0.4) is 0 Å². The lowest BCUT2D eigenvalue weighted by atomic mass is 10.2. The van der Waals surface area contributed by atoms with Crippen LogP contribution >= 0.6 is 0 Å². The number of aromatic nitrogens is 5. The largest absolute Gasteiger partial charge is 0.357 e. The van der Waals surface area contributed by atoms with E-state index in [4.69, 9.17) is 0 Å². The standard InChI is InChI=1S/C9H11N7O/c1-15-3-2-6(9(15)17)11-7-4-10-5-8-12-13-14-16(7)8/h4-6,11H,2-3H2,1H3. The Kier molecular flexibility index (Phi) is 2.13. The fraction of sp³-hybridized carbons (Fsp3) is 0.444. The lowest BCUT2D eigenvalue weighted by Gasteiger charge is -2.13. The van der Waals surface area contributed by atoms with E-state index in [1.165, 1.54) is 4.52 Å². The zero-order chi connectivity index (χ0) is 11.8. The van der Waals surface area contributed by atoms with Crippen LogP contribution in [0.1, 0.15) is 6.42 Å². The SMILES string of the molecule is CN1CCC(Nc2cncc3nnnn23)C1=O. The molecule has 8 nitrogen and oxygen atoms in total. The van der Waals surface area contributed by atoms with Crippen LogP contribution < -0.4 is 5.32 Å². The summed E-state index contributed by atoms with van der Waals surface area (Å²) in [6.07, 6.45) is 3.94. The molecule has 1 N–H and O–H groups in total. The maximum atomic E-state index is 11.8. The Labute approximate surface area is 96.6 Å². The molecular weight excluding hydrogens is 222 g/mol. The number of likely N-dealkylation sites (N-methyl/N-ethyl adjacent to an activating group) is 1. The van der Waals surface area contributed by atoms with Gasteiger partial charge in [0.05, 0.1) is 12.4 Å². The van der Waals surface area contributed by atoms with Crippen LogP contribution in [0, 0.1) is 0 Å². The van der Waals surface area contributed by atoms with Gasteiger partial charge in [-0.2, -0.15) is 4.52 Å². The van der Waals surface area contributed by atoms with Gasteiger partial charge < -0.3 is 10.2 Å². The van der Waals surface area contributed by atoms with Crippen LogP contribution in [0.15, 0.2) is 12.4 Å². The van der Waals surface area contributed by atoms with Crippen molar-refractivity contribution >= 4 is 17.4 Å².